The third-order valence-corrected chi connectivity index (χ3v) is 7.11. The summed E-state index contributed by atoms with van der Waals surface area (Å²) in [4.78, 5) is 49.2. The van der Waals surface area contributed by atoms with Crippen molar-refractivity contribution in [3.05, 3.63) is 102 Å². The molecule has 0 saturated heterocycles. The molecule has 8 nitrogen and oxygen atoms in total. The van der Waals surface area contributed by atoms with Gasteiger partial charge in [-0.1, -0.05) is 84.6 Å². The minimum atomic E-state index is -0.850. The lowest BCUT2D eigenvalue weighted by Gasteiger charge is -2.25. The van der Waals surface area contributed by atoms with Crippen LogP contribution in [0.3, 0.4) is 0 Å². The summed E-state index contributed by atoms with van der Waals surface area (Å²) in [5.74, 6) is -0.147. The molecule has 1 atom stereocenters. The first-order chi connectivity index (χ1) is 18.6. The number of fused-ring (bicyclic) bond motifs is 3. The van der Waals surface area contributed by atoms with Gasteiger partial charge in [-0.25, -0.2) is 9.89 Å². The first-order valence-electron chi connectivity index (χ1n) is 12.4. The van der Waals surface area contributed by atoms with E-state index >= 15 is 0 Å². The number of hydrogen-bond donors (Lipinski definition) is 2. The van der Waals surface area contributed by atoms with Crippen molar-refractivity contribution in [3.63, 3.8) is 0 Å². The Morgan fingerprint density at radius 2 is 1.53 bits per heavy atom. The van der Waals surface area contributed by atoms with E-state index in [1.54, 1.807) is 0 Å². The van der Waals surface area contributed by atoms with Crippen LogP contribution in [0.5, 0.6) is 0 Å². The highest BCUT2D eigenvalue weighted by Gasteiger charge is 2.42. The average Bonchev–Trinajstić information content (AvgIpc) is 3.27. The molecule has 9 heteroatoms. The number of amidine groups is 2. The van der Waals surface area contributed by atoms with E-state index in [-0.39, 0.29) is 29.9 Å². The summed E-state index contributed by atoms with van der Waals surface area (Å²) in [7, 11) is 0. The molecule has 0 radical (unpaired) electrons. The van der Waals surface area contributed by atoms with Crippen LogP contribution in [0.2, 0.25) is 0 Å². The highest BCUT2D eigenvalue weighted by Crippen LogP contribution is 2.34. The Bertz CT molecular complexity index is 1390. The fourth-order valence-corrected chi connectivity index (χ4v) is 5.08. The molecule has 0 saturated carbocycles. The molecule has 192 valence electrons. The molecule has 2 heterocycles. The summed E-state index contributed by atoms with van der Waals surface area (Å²) in [6, 6.07) is 26.1. The second kappa shape index (κ2) is 11.9. The van der Waals surface area contributed by atoms with Crippen molar-refractivity contribution in [1.29, 1.82) is 0 Å². The molecule has 2 aliphatic heterocycles. The van der Waals surface area contributed by atoms with Gasteiger partial charge in [-0.3, -0.25) is 19.4 Å². The maximum absolute atomic E-state index is 13.4. The molecule has 38 heavy (non-hydrogen) atoms. The highest BCUT2D eigenvalue weighted by molar-refractivity contribution is 8.14. The lowest BCUT2D eigenvalue weighted by molar-refractivity contribution is -0.128. The van der Waals surface area contributed by atoms with Crippen LogP contribution in [-0.4, -0.2) is 52.0 Å². The Hall–Kier alpha value is -4.24. The van der Waals surface area contributed by atoms with Crippen molar-refractivity contribution in [2.45, 2.75) is 25.4 Å². The van der Waals surface area contributed by atoms with Gasteiger partial charge in [0.2, 0.25) is 11.8 Å². The van der Waals surface area contributed by atoms with E-state index in [4.69, 9.17) is 0 Å². The second-order valence-corrected chi connectivity index (χ2v) is 9.84. The van der Waals surface area contributed by atoms with Crippen molar-refractivity contribution in [3.8, 4) is 0 Å². The van der Waals surface area contributed by atoms with Crippen LogP contribution < -0.4 is 10.6 Å². The zero-order chi connectivity index (χ0) is 26.3. The SMILES string of the molecule is O=C(CSC1=Nc2ccccc2C2=N[C@@H](CC(=O)NCc3ccccc3)C(=O)N12)NCCc1ccccc1. The van der Waals surface area contributed by atoms with Crippen LogP contribution in [0.15, 0.2) is 94.9 Å². The smallest absolute Gasteiger partial charge is 0.259 e. The fraction of sp³-hybridized carbons (Fsp3) is 0.207. The lowest BCUT2D eigenvalue weighted by atomic mass is 10.1. The van der Waals surface area contributed by atoms with Crippen molar-refractivity contribution < 1.29 is 14.4 Å². The highest BCUT2D eigenvalue weighted by atomic mass is 32.2. The summed E-state index contributed by atoms with van der Waals surface area (Å²) < 4.78 is 0. The Kier molecular flexibility index (Phi) is 7.94. The van der Waals surface area contributed by atoms with Crippen molar-refractivity contribution in [2.24, 2.45) is 9.98 Å². The van der Waals surface area contributed by atoms with Gasteiger partial charge in [0.25, 0.3) is 5.91 Å². The number of carbonyl (C=O) groups is 3. The molecule has 0 unspecified atom stereocenters. The Balaban J connectivity index is 1.22. The van der Waals surface area contributed by atoms with Crippen LogP contribution in [0.25, 0.3) is 0 Å². The molecule has 3 aromatic carbocycles. The molecular weight excluding hydrogens is 498 g/mol. The minimum absolute atomic E-state index is 0.0637. The number of aliphatic imine (C=N–C) groups is 2. The normalized spacial score (nSPS) is 15.7. The lowest BCUT2D eigenvalue weighted by Crippen LogP contribution is -2.42. The average molecular weight is 526 g/mol. The molecular formula is C29H27N5O3S. The van der Waals surface area contributed by atoms with E-state index in [1.165, 1.54) is 16.7 Å². The van der Waals surface area contributed by atoms with Gasteiger partial charge in [-0.2, -0.15) is 0 Å². The third kappa shape index (κ3) is 6.00. The number of amides is 3. The second-order valence-electron chi connectivity index (χ2n) is 8.89. The predicted octanol–water partition coefficient (Wildman–Crippen LogP) is 3.44. The Morgan fingerprint density at radius 3 is 2.29 bits per heavy atom. The number of para-hydroxylation sites is 1. The van der Waals surface area contributed by atoms with Crippen LogP contribution in [0.4, 0.5) is 5.69 Å². The molecule has 2 aliphatic rings. The van der Waals surface area contributed by atoms with Gasteiger partial charge in [-0.15, -0.1) is 0 Å². The first kappa shape index (κ1) is 25.4. The summed E-state index contributed by atoms with van der Waals surface area (Å²) in [5, 5.41) is 6.17. The van der Waals surface area contributed by atoms with Gasteiger partial charge >= 0.3 is 0 Å². The fourth-order valence-electron chi connectivity index (χ4n) is 4.25. The van der Waals surface area contributed by atoms with Gasteiger partial charge in [0.1, 0.15) is 11.9 Å². The van der Waals surface area contributed by atoms with Gasteiger partial charge in [-0.05, 0) is 29.7 Å². The monoisotopic (exact) mass is 525 g/mol. The summed E-state index contributed by atoms with van der Waals surface area (Å²) in [6.07, 6.45) is 0.673. The van der Waals surface area contributed by atoms with E-state index < -0.39 is 6.04 Å². The molecule has 0 fully saturated rings. The zero-order valence-electron chi connectivity index (χ0n) is 20.7. The molecule has 3 aromatic rings. The van der Waals surface area contributed by atoms with Gasteiger partial charge in [0.15, 0.2) is 5.17 Å². The van der Waals surface area contributed by atoms with E-state index in [9.17, 15) is 14.4 Å². The quantitative estimate of drug-likeness (QED) is 0.447. The number of benzene rings is 3. The number of hydrogen-bond acceptors (Lipinski definition) is 6. The van der Waals surface area contributed by atoms with Crippen LogP contribution >= 0.6 is 11.8 Å². The zero-order valence-corrected chi connectivity index (χ0v) is 21.5. The van der Waals surface area contributed by atoms with Crippen LogP contribution in [0, 0.1) is 0 Å². The molecule has 2 N–H and O–H groups in total. The topological polar surface area (TPSA) is 103 Å². The van der Waals surface area contributed by atoms with Crippen LogP contribution in [0.1, 0.15) is 23.1 Å². The molecule has 0 aromatic heterocycles. The first-order valence-corrected chi connectivity index (χ1v) is 13.4. The van der Waals surface area contributed by atoms with E-state index in [0.29, 0.717) is 29.8 Å². The number of rotatable bonds is 9. The third-order valence-electron chi connectivity index (χ3n) is 6.17. The number of carbonyl (C=O) groups excluding carboxylic acids is 3. The summed E-state index contributed by atoms with van der Waals surface area (Å²) in [6.45, 7) is 0.903. The predicted molar refractivity (Wildman–Crippen MR) is 149 cm³/mol. The number of nitrogens with one attached hydrogen (secondary N) is 2. The number of thioether (sulfide) groups is 1. The van der Waals surface area contributed by atoms with Gasteiger partial charge in [0.05, 0.1) is 17.9 Å². The molecule has 0 aliphatic carbocycles. The van der Waals surface area contributed by atoms with E-state index in [1.807, 2.05) is 84.9 Å². The maximum Gasteiger partial charge on any atom is 0.259 e. The minimum Gasteiger partial charge on any atom is -0.355 e. The Labute approximate surface area is 225 Å². The number of nitrogens with zero attached hydrogens (tertiary/aromatic N) is 3. The Morgan fingerprint density at radius 1 is 0.842 bits per heavy atom. The summed E-state index contributed by atoms with van der Waals surface area (Å²) >= 11 is 1.19. The molecule has 5 rings (SSSR count). The molecule has 0 spiro atoms. The maximum atomic E-state index is 13.4. The van der Waals surface area contributed by atoms with Crippen molar-refractivity contribution in [2.75, 3.05) is 12.3 Å². The van der Waals surface area contributed by atoms with E-state index in [0.717, 1.165) is 23.1 Å². The van der Waals surface area contributed by atoms with Crippen molar-refractivity contribution in [1.82, 2.24) is 15.5 Å². The van der Waals surface area contributed by atoms with Crippen LogP contribution in [-0.2, 0) is 27.3 Å². The molecule has 0 bridgehead atoms. The van der Waals surface area contributed by atoms with Gasteiger partial charge < -0.3 is 10.6 Å². The standard InChI is InChI=1S/C29H27N5O3S/c35-25(31-18-21-11-5-2-6-12-21)17-24-28(37)34-27(32-24)22-13-7-8-14-23(22)33-29(34)38-19-26(36)30-16-15-20-9-3-1-4-10-20/h1-14,24H,15-19H2,(H,30,36)(H,31,35)/t24-/m0/s1. The molecule has 3 amide bonds. The largest absolute Gasteiger partial charge is 0.355 e. The summed E-state index contributed by atoms with van der Waals surface area (Å²) in [5.41, 5.74) is 3.53. The van der Waals surface area contributed by atoms with Crippen molar-refractivity contribution >= 4 is 46.2 Å². The van der Waals surface area contributed by atoms with E-state index in [2.05, 4.69) is 20.6 Å². The van der Waals surface area contributed by atoms with Gasteiger partial charge in [0, 0.05) is 18.7 Å².